The highest BCUT2D eigenvalue weighted by Gasteiger charge is 2.26. The summed E-state index contributed by atoms with van der Waals surface area (Å²) in [5.41, 5.74) is 0. The molecule has 1 amide bonds. The predicted octanol–water partition coefficient (Wildman–Crippen LogP) is 3.01. The number of halogens is 2. The van der Waals surface area contributed by atoms with Gasteiger partial charge in [0.25, 0.3) is 5.91 Å². The van der Waals surface area contributed by atoms with Crippen LogP contribution in [-0.4, -0.2) is 43.2 Å². The van der Waals surface area contributed by atoms with E-state index in [0.717, 1.165) is 0 Å². The lowest BCUT2D eigenvalue weighted by atomic mass is 10.2. The standard InChI is InChI=1S/C14H17Cl2NO3/c1-2-12(14(18)17-5-7-19-8-6-17)20-13-9-10(15)3-4-11(13)16/h3-4,9,12H,2,5-8H2,1H3. The molecule has 1 aliphatic heterocycles. The number of hydrogen-bond acceptors (Lipinski definition) is 3. The number of benzene rings is 1. The number of rotatable bonds is 4. The summed E-state index contributed by atoms with van der Waals surface area (Å²) in [5.74, 6) is 0.402. The molecule has 1 aliphatic rings. The second-order valence-electron chi connectivity index (χ2n) is 4.53. The fourth-order valence-corrected chi connectivity index (χ4v) is 2.34. The van der Waals surface area contributed by atoms with Gasteiger partial charge in [0.1, 0.15) is 5.75 Å². The summed E-state index contributed by atoms with van der Waals surface area (Å²) in [7, 11) is 0. The van der Waals surface area contributed by atoms with E-state index in [2.05, 4.69) is 0 Å². The average Bonchev–Trinajstić information content (AvgIpc) is 2.48. The van der Waals surface area contributed by atoms with Crippen molar-refractivity contribution in [3.63, 3.8) is 0 Å². The van der Waals surface area contributed by atoms with Crippen molar-refractivity contribution in [1.82, 2.24) is 4.90 Å². The number of nitrogens with zero attached hydrogens (tertiary/aromatic N) is 1. The first-order chi connectivity index (χ1) is 9.61. The van der Waals surface area contributed by atoms with Crippen LogP contribution < -0.4 is 4.74 Å². The van der Waals surface area contributed by atoms with E-state index >= 15 is 0 Å². The number of carbonyl (C=O) groups excluding carboxylic acids is 1. The van der Waals surface area contributed by atoms with Crippen LogP contribution in [0.2, 0.25) is 10.0 Å². The Bertz CT molecular complexity index is 475. The van der Waals surface area contributed by atoms with Gasteiger partial charge in [-0.25, -0.2) is 0 Å². The molecule has 1 fully saturated rings. The molecule has 2 rings (SSSR count). The molecule has 1 aromatic rings. The van der Waals surface area contributed by atoms with E-state index in [0.29, 0.717) is 48.5 Å². The third kappa shape index (κ3) is 3.78. The van der Waals surface area contributed by atoms with Crippen LogP contribution >= 0.6 is 23.2 Å². The van der Waals surface area contributed by atoms with Gasteiger partial charge in [0.15, 0.2) is 6.10 Å². The Labute approximate surface area is 128 Å². The first kappa shape index (κ1) is 15.4. The maximum Gasteiger partial charge on any atom is 0.263 e. The number of amides is 1. The molecule has 0 saturated carbocycles. The fraction of sp³-hybridized carbons (Fsp3) is 0.500. The van der Waals surface area contributed by atoms with Gasteiger partial charge in [-0.2, -0.15) is 0 Å². The smallest absolute Gasteiger partial charge is 0.263 e. The summed E-state index contributed by atoms with van der Waals surface area (Å²) in [6.45, 7) is 4.24. The molecule has 1 heterocycles. The van der Waals surface area contributed by atoms with Crippen molar-refractivity contribution in [1.29, 1.82) is 0 Å². The van der Waals surface area contributed by atoms with E-state index < -0.39 is 6.10 Å². The molecule has 1 aromatic carbocycles. The van der Waals surface area contributed by atoms with Crippen LogP contribution in [0.5, 0.6) is 5.75 Å². The first-order valence-electron chi connectivity index (χ1n) is 6.60. The first-order valence-corrected chi connectivity index (χ1v) is 7.35. The zero-order chi connectivity index (χ0) is 14.5. The highest BCUT2D eigenvalue weighted by molar-refractivity contribution is 6.34. The quantitative estimate of drug-likeness (QED) is 0.857. The Hall–Kier alpha value is -0.970. The minimum atomic E-state index is -0.552. The Kier molecular flexibility index (Phi) is 5.52. The Balaban J connectivity index is 2.07. The topological polar surface area (TPSA) is 38.8 Å². The van der Waals surface area contributed by atoms with E-state index in [1.165, 1.54) is 0 Å². The molecule has 1 saturated heterocycles. The molecular weight excluding hydrogens is 301 g/mol. The summed E-state index contributed by atoms with van der Waals surface area (Å²) in [4.78, 5) is 14.2. The van der Waals surface area contributed by atoms with Crippen LogP contribution in [0.3, 0.4) is 0 Å². The van der Waals surface area contributed by atoms with Gasteiger partial charge in [-0.05, 0) is 18.6 Å². The summed E-state index contributed by atoms with van der Waals surface area (Å²) in [5, 5.41) is 0.973. The van der Waals surface area contributed by atoms with E-state index in [-0.39, 0.29) is 5.91 Å². The lowest BCUT2D eigenvalue weighted by Crippen LogP contribution is -2.47. The van der Waals surface area contributed by atoms with Crippen molar-refractivity contribution in [2.45, 2.75) is 19.4 Å². The van der Waals surface area contributed by atoms with E-state index in [4.69, 9.17) is 32.7 Å². The highest BCUT2D eigenvalue weighted by Crippen LogP contribution is 2.29. The number of ether oxygens (including phenoxy) is 2. The lowest BCUT2D eigenvalue weighted by Gasteiger charge is -2.30. The molecule has 0 radical (unpaired) electrons. The monoisotopic (exact) mass is 317 g/mol. The van der Waals surface area contributed by atoms with E-state index in [1.54, 1.807) is 23.1 Å². The van der Waals surface area contributed by atoms with Crippen molar-refractivity contribution >= 4 is 29.1 Å². The lowest BCUT2D eigenvalue weighted by molar-refractivity contribution is -0.142. The molecule has 110 valence electrons. The molecule has 1 atom stereocenters. The molecule has 6 heteroatoms. The van der Waals surface area contributed by atoms with Crippen molar-refractivity contribution in [2.75, 3.05) is 26.3 Å². The maximum atomic E-state index is 12.4. The van der Waals surface area contributed by atoms with Gasteiger partial charge in [0, 0.05) is 24.2 Å². The van der Waals surface area contributed by atoms with Gasteiger partial charge in [-0.15, -0.1) is 0 Å². The highest BCUT2D eigenvalue weighted by atomic mass is 35.5. The number of hydrogen-bond donors (Lipinski definition) is 0. The van der Waals surface area contributed by atoms with Gasteiger partial charge in [0.05, 0.1) is 18.2 Å². The Morgan fingerprint density at radius 2 is 2.10 bits per heavy atom. The van der Waals surface area contributed by atoms with E-state index in [1.807, 2.05) is 6.92 Å². The molecule has 0 bridgehead atoms. The SMILES string of the molecule is CCC(Oc1cc(Cl)ccc1Cl)C(=O)N1CCOCC1. The van der Waals surface area contributed by atoms with Crippen LogP contribution in [0.4, 0.5) is 0 Å². The fourth-order valence-electron chi connectivity index (χ4n) is 2.02. The van der Waals surface area contributed by atoms with Crippen LogP contribution in [-0.2, 0) is 9.53 Å². The van der Waals surface area contributed by atoms with Gasteiger partial charge >= 0.3 is 0 Å². The summed E-state index contributed by atoms with van der Waals surface area (Å²) >= 11 is 12.0. The minimum absolute atomic E-state index is 0.0353. The van der Waals surface area contributed by atoms with Crippen molar-refractivity contribution in [3.05, 3.63) is 28.2 Å². The number of carbonyl (C=O) groups is 1. The van der Waals surface area contributed by atoms with Gasteiger partial charge < -0.3 is 14.4 Å². The maximum absolute atomic E-state index is 12.4. The minimum Gasteiger partial charge on any atom is -0.479 e. The molecule has 0 spiro atoms. The summed E-state index contributed by atoms with van der Waals surface area (Å²) < 4.78 is 11.0. The average molecular weight is 318 g/mol. The van der Waals surface area contributed by atoms with Gasteiger partial charge in [-0.3, -0.25) is 4.79 Å². The molecule has 0 aromatic heterocycles. The van der Waals surface area contributed by atoms with Crippen molar-refractivity contribution < 1.29 is 14.3 Å². The van der Waals surface area contributed by atoms with Gasteiger partial charge in [0.2, 0.25) is 0 Å². The molecule has 4 nitrogen and oxygen atoms in total. The van der Waals surface area contributed by atoms with Crippen LogP contribution in [0, 0.1) is 0 Å². The third-order valence-electron chi connectivity index (χ3n) is 3.13. The Morgan fingerprint density at radius 3 is 2.75 bits per heavy atom. The molecular formula is C14H17Cl2NO3. The van der Waals surface area contributed by atoms with Crippen LogP contribution in [0.1, 0.15) is 13.3 Å². The summed E-state index contributed by atoms with van der Waals surface area (Å²) in [6.07, 6.45) is 0.0167. The van der Waals surface area contributed by atoms with E-state index in [9.17, 15) is 4.79 Å². The molecule has 20 heavy (non-hydrogen) atoms. The van der Waals surface area contributed by atoms with Gasteiger partial charge in [-0.1, -0.05) is 30.1 Å². The second kappa shape index (κ2) is 7.16. The Morgan fingerprint density at radius 1 is 1.40 bits per heavy atom. The van der Waals surface area contributed by atoms with Crippen LogP contribution in [0.25, 0.3) is 0 Å². The zero-order valence-electron chi connectivity index (χ0n) is 11.3. The normalized spacial score (nSPS) is 16.9. The summed E-state index contributed by atoms with van der Waals surface area (Å²) in [6, 6.07) is 4.96. The largest absolute Gasteiger partial charge is 0.479 e. The van der Waals surface area contributed by atoms with Crippen molar-refractivity contribution in [2.24, 2.45) is 0 Å². The van der Waals surface area contributed by atoms with Crippen molar-refractivity contribution in [3.8, 4) is 5.75 Å². The molecule has 0 aliphatic carbocycles. The predicted molar refractivity (Wildman–Crippen MR) is 78.6 cm³/mol. The second-order valence-corrected chi connectivity index (χ2v) is 5.37. The zero-order valence-corrected chi connectivity index (χ0v) is 12.8. The molecule has 0 N–H and O–H groups in total. The van der Waals surface area contributed by atoms with Crippen LogP contribution in [0.15, 0.2) is 18.2 Å². The number of morpholine rings is 1. The molecule has 1 unspecified atom stereocenters. The third-order valence-corrected chi connectivity index (χ3v) is 3.68.